The number of halogens is 2. The Morgan fingerprint density at radius 3 is 1.83 bits per heavy atom. The molecule has 0 radical (unpaired) electrons. The number of hydrogen-bond acceptors (Lipinski definition) is 2. The van der Waals surface area contributed by atoms with Gasteiger partial charge in [0, 0.05) is 16.1 Å². The van der Waals surface area contributed by atoms with E-state index in [0.29, 0.717) is 42.3 Å². The molecule has 1 heterocycles. The Morgan fingerprint density at radius 1 is 0.862 bits per heavy atom. The molecule has 1 rings (SSSR count). The predicted molar refractivity (Wildman–Crippen MR) is 132 cm³/mol. The number of hydroxylamine groups is 3. The smallest absolute Gasteiger partial charge is 0.222 e. The fourth-order valence-electron chi connectivity index (χ4n) is 3.92. The number of likely N-dealkylation sites (N-methyl/N-ethyl adjacent to an activating group) is 1. The molecule has 0 spiro atoms. The standard InChI is InChI=1S/C23H44Br2N2O2/c1-3-4-5-6-8-11-14-21(24)22(25)15-12-9-7-10-13-16-23(28)26-17-19-27(2,29)20-18-26/h21-22H,3-20H2,1-2H3/t21-,22-/m0/s1. The van der Waals surface area contributed by atoms with E-state index in [4.69, 9.17) is 0 Å². The molecule has 6 heteroatoms. The lowest BCUT2D eigenvalue weighted by Crippen LogP contribution is -2.55. The van der Waals surface area contributed by atoms with Gasteiger partial charge < -0.3 is 14.8 Å². The molecule has 0 saturated carbocycles. The largest absolute Gasteiger partial charge is 0.633 e. The summed E-state index contributed by atoms with van der Waals surface area (Å²) in [7, 11) is 1.70. The molecule has 0 N–H and O–H groups in total. The predicted octanol–water partition coefficient (Wildman–Crippen LogP) is 6.78. The molecule has 0 aliphatic carbocycles. The molecule has 0 aromatic heterocycles. The molecule has 172 valence electrons. The second kappa shape index (κ2) is 16.0. The number of quaternary nitrogens is 1. The number of rotatable bonds is 16. The summed E-state index contributed by atoms with van der Waals surface area (Å²) < 4.78 is -0.202. The third-order valence-electron chi connectivity index (χ3n) is 6.14. The minimum absolute atomic E-state index is 0.202. The van der Waals surface area contributed by atoms with E-state index in [9.17, 15) is 10.0 Å². The Bertz CT molecular complexity index is 425. The lowest BCUT2D eigenvalue weighted by molar-refractivity contribution is -0.864. The van der Waals surface area contributed by atoms with Crippen molar-refractivity contribution in [3.05, 3.63) is 5.21 Å². The van der Waals surface area contributed by atoms with Gasteiger partial charge in [0.2, 0.25) is 5.91 Å². The van der Waals surface area contributed by atoms with E-state index in [0.717, 1.165) is 12.8 Å². The van der Waals surface area contributed by atoms with Gasteiger partial charge in [-0.2, -0.15) is 0 Å². The number of carbonyl (C=O) groups is 1. The number of nitrogens with zero attached hydrogens (tertiary/aromatic N) is 2. The zero-order valence-electron chi connectivity index (χ0n) is 18.8. The minimum atomic E-state index is -0.202. The maximum atomic E-state index is 12.2. The van der Waals surface area contributed by atoms with E-state index in [2.05, 4.69) is 38.8 Å². The normalized spacial score (nSPS) is 18.6. The van der Waals surface area contributed by atoms with Gasteiger partial charge >= 0.3 is 0 Å². The van der Waals surface area contributed by atoms with Crippen LogP contribution in [0.1, 0.15) is 96.8 Å². The fourth-order valence-corrected chi connectivity index (χ4v) is 5.10. The molecule has 0 bridgehead atoms. The van der Waals surface area contributed by atoms with Gasteiger partial charge in [-0.05, 0) is 19.3 Å². The van der Waals surface area contributed by atoms with Crippen LogP contribution in [0, 0.1) is 5.21 Å². The first-order valence-corrected chi connectivity index (χ1v) is 13.8. The Morgan fingerprint density at radius 2 is 1.31 bits per heavy atom. The highest BCUT2D eigenvalue weighted by Crippen LogP contribution is 2.25. The SMILES string of the molecule is CCCCCCCC[C@H](Br)[C@@H](Br)CCCCCCCC(=O)N1CC[N+](C)([O-])CC1. The number of unbranched alkanes of at least 4 members (excludes halogenated alkanes) is 9. The molecule has 1 amide bonds. The summed E-state index contributed by atoms with van der Waals surface area (Å²) in [5.41, 5.74) is 0. The van der Waals surface area contributed by atoms with Crippen molar-refractivity contribution in [3.8, 4) is 0 Å². The molecular formula is C23H44Br2N2O2. The maximum Gasteiger partial charge on any atom is 0.222 e. The Labute approximate surface area is 196 Å². The third kappa shape index (κ3) is 13.4. The highest BCUT2D eigenvalue weighted by molar-refractivity contribution is 9.12. The van der Waals surface area contributed by atoms with Crippen molar-refractivity contribution in [2.45, 2.75) is 106 Å². The van der Waals surface area contributed by atoms with Crippen molar-refractivity contribution >= 4 is 37.8 Å². The van der Waals surface area contributed by atoms with Crippen molar-refractivity contribution < 1.29 is 9.44 Å². The first kappa shape index (κ1) is 27.4. The average molecular weight is 540 g/mol. The zero-order valence-corrected chi connectivity index (χ0v) is 22.0. The van der Waals surface area contributed by atoms with Gasteiger partial charge in [0.1, 0.15) is 0 Å². The lowest BCUT2D eigenvalue weighted by atomic mass is 10.0. The number of hydrogen-bond donors (Lipinski definition) is 0. The van der Waals surface area contributed by atoms with Gasteiger partial charge in [0.25, 0.3) is 0 Å². The van der Waals surface area contributed by atoms with Gasteiger partial charge in [-0.1, -0.05) is 103 Å². The second-order valence-electron chi connectivity index (χ2n) is 9.02. The average Bonchev–Trinajstić information content (AvgIpc) is 2.69. The van der Waals surface area contributed by atoms with Crippen LogP contribution in [0.3, 0.4) is 0 Å². The summed E-state index contributed by atoms with van der Waals surface area (Å²) in [6.07, 6.45) is 17.2. The molecule has 29 heavy (non-hydrogen) atoms. The molecule has 0 aromatic carbocycles. The van der Waals surface area contributed by atoms with Gasteiger partial charge in [-0.3, -0.25) is 4.79 Å². The van der Waals surface area contributed by atoms with E-state index in [1.54, 1.807) is 7.05 Å². The Kier molecular flexibility index (Phi) is 15.2. The zero-order chi connectivity index (χ0) is 21.5. The van der Waals surface area contributed by atoms with Gasteiger partial charge in [0.05, 0.1) is 33.2 Å². The quantitative estimate of drug-likeness (QED) is 0.0938. The van der Waals surface area contributed by atoms with Crippen molar-refractivity contribution in [2.24, 2.45) is 0 Å². The number of carbonyl (C=O) groups excluding carboxylic acids is 1. The summed E-state index contributed by atoms with van der Waals surface area (Å²) in [5.74, 6) is 0.238. The first-order chi connectivity index (χ1) is 13.9. The first-order valence-electron chi connectivity index (χ1n) is 12.0. The number of piperazine rings is 1. The van der Waals surface area contributed by atoms with Crippen LogP contribution in [0.5, 0.6) is 0 Å². The van der Waals surface area contributed by atoms with Crippen LogP contribution in [0.25, 0.3) is 0 Å². The van der Waals surface area contributed by atoms with Crippen molar-refractivity contribution in [1.82, 2.24) is 4.90 Å². The topological polar surface area (TPSA) is 43.4 Å². The molecular weight excluding hydrogens is 496 g/mol. The van der Waals surface area contributed by atoms with E-state index in [-0.39, 0.29) is 10.6 Å². The van der Waals surface area contributed by atoms with Crippen molar-refractivity contribution in [1.29, 1.82) is 0 Å². The summed E-state index contributed by atoms with van der Waals surface area (Å²) in [6, 6.07) is 0. The van der Waals surface area contributed by atoms with Crippen LogP contribution in [0.15, 0.2) is 0 Å². The maximum absolute atomic E-state index is 12.2. The molecule has 0 aromatic rings. The summed E-state index contributed by atoms with van der Waals surface area (Å²) in [4.78, 5) is 15.3. The van der Waals surface area contributed by atoms with Crippen LogP contribution in [-0.2, 0) is 4.79 Å². The summed E-state index contributed by atoms with van der Waals surface area (Å²) in [6.45, 7) is 4.58. The monoisotopic (exact) mass is 538 g/mol. The lowest BCUT2D eigenvalue weighted by Gasteiger charge is -2.45. The van der Waals surface area contributed by atoms with Gasteiger partial charge in [0.15, 0.2) is 0 Å². The number of amides is 1. The minimum Gasteiger partial charge on any atom is -0.633 e. The second-order valence-corrected chi connectivity index (χ2v) is 11.4. The Hall–Kier alpha value is 0.350. The van der Waals surface area contributed by atoms with Crippen LogP contribution in [0.4, 0.5) is 0 Å². The fraction of sp³-hybridized carbons (Fsp3) is 0.957. The van der Waals surface area contributed by atoms with Crippen molar-refractivity contribution in [3.63, 3.8) is 0 Å². The van der Waals surface area contributed by atoms with Gasteiger partial charge in [-0.25, -0.2) is 0 Å². The van der Waals surface area contributed by atoms with E-state index >= 15 is 0 Å². The van der Waals surface area contributed by atoms with Crippen molar-refractivity contribution in [2.75, 3.05) is 33.2 Å². The van der Waals surface area contributed by atoms with E-state index in [1.165, 1.54) is 70.6 Å². The van der Waals surface area contributed by atoms with Crippen LogP contribution in [0.2, 0.25) is 0 Å². The number of alkyl halides is 2. The van der Waals surface area contributed by atoms with Crippen LogP contribution < -0.4 is 0 Å². The third-order valence-corrected chi connectivity index (χ3v) is 9.04. The molecule has 1 aliphatic heterocycles. The van der Waals surface area contributed by atoms with Crippen LogP contribution >= 0.6 is 31.9 Å². The molecule has 4 nitrogen and oxygen atoms in total. The summed E-state index contributed by atoms with van der Waals surface area (Å²) >= 11 is 7.74. The van der Waals surface area contributed by atoms with E-state index in [1.807, 2.05) is 4.90 Å². The molecule has 2 atom stereocenters. The summed E-state index contributed by atoms with van der Waals surface area (Å²) in [5, 5.41) is 11.8. The molecule has 1 aliphatic rings. The highest BCUT2D eigenvalue weighted by atomic mass is 79.9. The van der Waals surface area contributed by atoms with E-state index < -0.39 is 0 Å². The van der Waals surface area contributed by atoms with Gasteiger partial charge in [-0.15, -0.1) is 0 Å². The highest BCUT2D eigenvalue weighted by Gasteiger charge is 2.24. The molecule has 1 saturated heterocycles. The van der Waals surface area contributed by atoms with Crippen LogP contribution in [-0.4, -0.2) is 58.3 Å². The Balaban J connectivity index is 1.94. The molecule has 0 unspecified atom stereocenters. The molecule has 1 fully saturated rings.